The van der Waals surface area contributed by atoms with Gasteiger partial charge in [0.15, 0.2) is 5.96 Å². The number of ether oxygens (including phenoxy) is 1. The van der Waals surface area contributed by atoms with Crippen LogP contribution in [0.15, 0.2) is 4.99 Å². The molecule has 148 valence electrons. The summed E-state index contributed by atoms with van der Waals surface area (Å²) in [6.07, 6.45) is 5.22. The molecule has 0 aromatic heterocycles. The van der Waals surface area contributed by atoms with E-state index in [-0.39, 0.29) is 17.4 Å². The standard InChI is InChI=1S/C19H34N4O2S/c1-15-12-22(13-16(15)17(24)25-3)18(20-2)21-14-19(6-4-5-7-19)23-8-10-26-11-9-23/h15-16H,4-14H2,1-3H3,(H,20,21). The molecule has 2 saturated heterocycles. The Hall–Kier alpha value is -0.950. The summed E-state index contributed by atoms with van der Waals surface area (Å²) >= 11 is 2.07. The van der Waals surface area contributed by atoms with Crippen LogP contribution >= 0.6 is 11.8 Å². The fourth-order valence-corrected chi connectivity index (χ4v) is 5.75. The number of aliphatic imine (C=N–C) groups is 1. The topological polar surface area (TPSA) is 57.2 Å². The third-order valence-corrected chi connectivity index (χ3v) is 7.36. The van der Waals surface area contributed by atoms with Gasteiger partial charge in [-0.1, -0.05) is 19.8 Å². The Kier molecular flexibility index (Phi) is 6.72. The molecule has 1 N–H and O–H groups in total. The quantitative estimate of drug-likeness (QED) is 0.453. The van der Waals surface area contributed by atoms with Gasteiger partial charge in [0.25, 0.3) is 0 Å². The summed E-state index contributed by atoms with van der Waals surface area (Å²) in [5.41, 5.74) is 0.282. The molecule has 0 aromatic rings. The molecule has 0 aromatic carbocycles. The van der Waals surface area contributed by atoms with E-state index >= 15 is 0 Å². The number of nitrogens with zero attached hydrogens (tertiary/aromatic N) is 3. The van der Waals surface area contributed by atoms with E-state index in [1.165, 1.54) is 57.4 Å². The largest absolute Gasteiger partial charge is 0.469 e. The lowest BCUT2D eigenvalue weighted by atomic mass is 9.94. The van der Waals surface area contributed by atoms with Crippen molar-refractivity contribution in [2.45, 2.75) is 38.1 Å². The normalized spacial score (nSPS) is 29.8. The lowest BCUT2D eigenvalue weighted by Gasteiger charge is -2.44. The first-order valence-electron chi connectivity index (χ1n) is 9.96. The van der Waals surface area contributed by atoms with Crippen LogP contribution in [0, 0.1) is 11.8 Å². The van der Waals surface area contributed by atoms with E-state index in [9.17, 15) is 4.79 Å². The number of guanidine groups is 1. The molecule has 3 aliphatic rings. The van der Waals surface area contributed by atoms with Crippen molar-refractivity contribution in [3.8, 4) is 0 Å². The number of hydrogen-bond donors (Lipinski definition) is 1. The van der Waals surface area contributed by atoms with E-state index in [4.69, 9.17) is 4.74 Å². The van der Waals surface area contributed by atoms with Gasteiger partial charge in [0.2, 0.25) is 0 Å². The summed E-state index contributed by atoms with van der Waals surface area (Å²) in [4.78, 5) is 21.5. The average molecular weight is 383 g/mol. The third kappa shape index (κ3) is 4.14. The number of thioether (sulfide) groups is 1. The fourth-order valence-electron chi connectivity index (χ4n) is 4.85. The average Bonchev–Trinajstić information content (AvgIpc) is 3.30. The molecular formula is C19H34N4O2S. The molecule has 2 unspecified atom stereocenters. The van der Waals surface area contributed by atoms with Gasteiger partial charge in [-0.25, -0.2) is 0 Å². The highest BCUT2D eigenvalue weighted by Gasteiger charge is 2.41. The van der Waals surface area contributed by atoms with Crippen LogP contribution in [0.1, 0.15) is 32.6 Å². The van der Waals surface area contributed by atoms with Gasteiger partial charge in [0.05, 0.1) is 13.0 Å². The Bertz CT molecular complexity index is 516. The molecule has 1 saturated carbocycles. The van der Waals surface area contributed by atoms with Gasteiger partial charge in [0.1, 0.15) is 0 Å². The Morgan fingerprint density at radius 3 is 2.58 bits per heavy atom. The molecule has 3 rings (SSSR count). The van der Waals surface area contributed by atoms with Gasteiger partial charge in [-0.3, -0.25) is 14.7 Å². The van der Waals surface area contributed by atoms with E-state index in [1.807, 2.05) is 7.05 Å². The fraction of sp³-hybridized carbons (Fsp3) is 0.895. The van der Waals surface area contributed by atoms with Crippen LogP contribution in [0.4, 0.5) is 0 Å². The number of likely N-dealkylation sites (tertiary alicyclic amines) is 1. The highest BCUT2D eigenvalue weighted by atomic mass is 32.2. The van der Waals surface area contributed by atoms with Crippen LogP contribution in [0.25, 0.3) is 0 Å². The SMILES string of the molecule is CN=C(NCC1(N2CCSCC2)CCCC1)N1CC(C)C(C(=O)OC)C1. The molecule has 6 nitrogen and oxygen atoms in total. The smallest absolute Gasteiger partial charge is 0.310 e. The van der Waals surface area contributed by atoms with Crippen LogP contribution in [0.3, 0.4) is 0 Å². The Labute approximate surface area is 162 Å². The molecule has 2 heterocycles. The van der Waals surface area contributed by atoms with Crippen molar-refractivity contribution in [2.75, 3.05) is 58.4 Å². The van der Waals surface area contributed by atoms with Gasteiger partial charge in [-0.2, -0.15) is 11.8 Å². The monoisotopic (exact) mass is 382 g/mol. The van der Waals surface area contributed by atoms with Crippen LogP contribution in [-0.4, -0.2) is 85.7 Å². The summed E-state index contributed by atoms with van der Waals surface area (Å²) in [5.74, 6) is 3.56. The molecular weight excluding hydrogens is 348 g/mol. The zero-order valence-electron chi connectivity index (χ0n) is 16.5. The van der Waals surface area contributed by atoms with Crippen molar-refractivity contribution in [2.24, 2.45) is 16.8 Å². The zero-order chi connectivity index (χ0) is 18.6. The van der Waals surface area contributed by atoms with Crippen molar-refractivity contribution in [3.05, 3.63) is 0 Å². The van der Waals surface area contributed by atoms with Crippen LogP contribution in [-0.2, 0) is 9.53 Å². The number of nitrogens with one attached hydrogen (secondary N) is 1. The molecule has 1 aliphatic carbocycles. The summed E-state index contributed by atoms with van der Waals surface area (Å²) in [6.45, 7) is 7.04. The molecule has 7 heteroatoms. The number of esters is 1. The first-order valence-corrected chi connectivity index (χ1v) is 11.1. The molecule has 26 heavy (non-hydrogen) atoms. The molecule has 2 atom stereocenters. The number of hydrogen-bond acceptors (Lipinski definition) is 5. The van der Waals surface area contributed by atoms with Crippen molar-refractivity contribution in [3.63, 3.8) is 0 Å². The minimum atomic E-state index is -0.103. The summed E-state index contributed by atoms with van der Waals surface area (Å²) < 4.78 is 4.97. The predicted molar refractivity (Wildman–Crippen MR) is 108 cm³/mol. The second-order valence-electron chi connectivity index (χ2n) is 7.94. The van der Waals surface area contributed by atoms with E-state index < -0.39 is 0 Å². The predicted octanol–water partition coefficient (Wildman–Crippen LogP) is 1.66. The van der Waals surface area contributed by atoms with Gasteiger partial charge >= 0.3 is 5.97 Å². The molecule has 0 spiro atoms. The van der Waals surface area contributed by atoms with Crippen molar-refractivity contribution in [1.29, 1.82) is 0 Å². The van der Waals surface area contributed by atoms with Gasteiger partial charge < -0.3 is 15.0 Å². The number of carbonyl (C=O) groups excluding carboxylic acids is 1. The van der Waals surface area contributed by atoms with Gasteiger partial charge in [-0.05, 0) is 18.8 Å². The third-order valence-electron chi connectivity index (χ3n) is 6.42. The minimum Gasteiger partial charge on any atom is -0.469 e. The van der Waals surface area contributed by atoms with Crippen LogP contribution in [0.5, 0.6) is 0 Å². The Morgan fingerprint density at radius 1 is 1.27 bits per heavy atom. The van der Waals surface area contributed by atoms with E-state index in [2.05, 4.69) is 38.8 Å². The number of carbonyl (C=O) groups is 1. The Balaban J connectivity index is 1.62. The zero-order valence-corrected chi connectivity index (χ0v) is 17.3. The first kappa shape index (κ1) is 19.8. The molecule has 3 fully saturated rings. The van der Waals surface area contributed by atoms with Gasteiger partial charge in [-0.15, -0.1) is 0 Å². The maximum Gasteiger partial charge on any atom is 0.310 e. The number of rotatable bonds is 4. The second-order valence-corrected chi connectivity index (χ2v) is 9.17. The van der Waals surface area contributed by atoms with Gasteiger partial charge in [0, 0.05) is 56.8 Å². The molecule has 0 radical (unpaired) electrons. The maximum atomic E-state index is 12.0. The highest BCUT2D eigenvalue weighted by Crippen LogP contribution is 2.36. The van der Waals surface area contributed by atoms with E-state index in [0.29, 0.717) is 12.5 Å². The first-order chi connectivity index (χ1) is 12.6. The molecule has 0 amide bonds. The van der Waals surface area contributed by atoms with E-state index in [1.54, 1.807) is 0 Å². The van der Waals surface area contributed by atoms with Crippen molar-refractivity contribution in [1.82, 2.24) is 15.1 Å². The van der Waals surface area contributed by atoms with Crippen LogP contribution < -0.4 is 5.32 Å². The number of methoxy groups -OCH3 is 1. The minimum absolute atomic E-state index is 0.0573. The summed E-state index contributed by atoms with van der Waals surface area (Å²) in [7, 11) is 3.32. The molecule has 2 aliphatic heterocycles. The van der Waals surface area contributed by atoms with E-state index in [0.717, 1.165) is 19.0 Å². The highest BCUT2D eigenvalue weighted by molar-refractivity contribution is 7.99. The lowest BCUT2D eigenvalue weighted by Crippen LogP contribution is -2.57. The lowest BCUT2D eigenvalue weighted by molar-refractivity contribution is -0.145. The van der Waals surface area contributed by atoms with Crippen LogP contribution in [0.2, 0.25) is 0 Å². The maximum absolute atomic E-state index is 12.0. The second kappa shape index (κ2) is 8.83. The Morgan fingerprint density at radius 2 is 1.96 bits per heavy atom. The summed E-state index contributed by atoms with van der Waals surface area (Å²) in [6, 6.07) is 0. The molecule has 0 bridgehead atoms. The summed E-state index contributed by atoms with van der Waals surface area (Å²) in [5, 5.41) is 3.66. The van der Waals surface area contributed by atoms with Crippen molar-refractivity contribution >= 4 is 23.7 Å². The van der Waals surface area contributed by atoms with Crippen molar-refractivity contribution < 1.29 is 9.53 Å².